The Bertz CT molecular complexity index is 491. The summed E-state index contributed by atoms with van der Waals surface area (Å²) >= 11 is 3.46. The first-order valence-electron chi connectivity index (χ1n) is 6.93. The van der Waals surface area contributed by atoms with Gasteiger partial charge in [-0.15, -0.1) is 0 Å². The summed E-state index contributed by atoms with van der Waals surface area (Å²) in [5.41, 5.74) is 0.886. The molecule has 1 unspecified atom stereocenters. The lowest BCUT2D eigenvalue weighted by molar-refractivity contribution is -0.121. The smallest absolute Gasteiger partial charge is 0.244 e. The summed E-state index contributed by atoms with van der Waals surface area (Å²) in [6, 6.07) is 5.97. The molecule has 1 atom stereocenters. The maximum atomic E-state index is 12.6. The second kappa shape index (κ2) is 6.59. The second-order valence-electron chi connectivity index (χ2n) is 5.36. The van der Waals surface area contributed by atoms with E-state index in [9.17, 15) is 4.79 Å². The van der Waals surface area contributed by atoms with Crippen LogP contribution >= 0.6 is 15.9 Å². The molecule has 1 aromatic carbocycles. The molecule has 1 N–H and O–H groups in total. The number of hydrogen-bond acceptors (Lipinski definition) is 3. The van der Waals surface area contributed by atoms with E-state index >= 15 is 0 Å². The van der Waals surface area contributed by atoms with Crippen molar-refractivity contribution in [3.63, 3.8) is 0 Å². The molecule has 0 radical (unpaired) electrons. The first-order valence-corrected chi connectivity index (χ1v) is 7.72. The summed E-state index contributed by atoms with van der Waals surface area (Å²) in [4.78, 5) is 14.4. The number of hydrogen-bond donors (Lipinski definition) is 1. The van der Waals surface area contributed by atoms with Crippen molar-refractivity contribution in [1.29, 1.82) is 0 Å². The van der Waals surface area contributed by atoms with E-state index < -0.39 is 0 Å². The fourth-order valence-electron chi connectivity index (χ4n) is 2.51. The van der Waals surface area contributed by atoms with E-state index in [0.29, 0.717) is 6.04 Å². The number of rotatable bonds is 4. The summed E-state index contributed by atoms with van der Waals surface area (Å²) in [6.07, 6.45) is 1.91. The minimum Gasteiger partial charge on any atom is -0.497 e. The van der Waals surface area contributed by atoms with Gasteiger partial charge in [0.25, 0.3) is 0 Å². The van der Waals surface area contributed by atoms with Crippen molar-refractivity contribution < 1.29 is 9.53 Å². The van der Waals surface area contributed by atoms with Crippen LogP contribution in [0.2, 0.25) is 0 Å². The quantitative estimate of drug-likeness (QED) is 0.916. The van der Waals surface area contributed by atoms with Crippen molar-refractivity contribution in [2.24, 2.45) is 0 Å². The van der Waals surface area contributed by atoms with Crippen molar-refractivity contribution in [3.8, 4) is 5.75 Å². The number of benzene rings is 1. The lowest BCUT2D eigenvalue weighted by Crippen LogP contribution is -2.52. The van der Waals surface area contributed by atoms with Crippen molar-refractivity contribution in [2.75, 3.05) is 18.6 Å². The molecule has 1 fully saturated rings. The zero-order valence-corrected chi connectivity index (χ0v) is 13.7. The van der Waals surface area contributed by atoms with Crippen molar-refractivity contribution in [3.05, 3.63) is 22.7 Å². The second-order valence-corrected chi connectivity index (χ2v) is 6.27. The molecule has 1 aliphatic rings. The molecular weight excluding hydrogens is 320 g/mol. The number of amides is 1. The van der Waals surface area contributed by atoms with E-state index in [1.807, 2.05) is 23.1 Å². The molecule has 4 nitrogen and oxygen atoms in total. The Labute approximate surface area is 128 Å². The Kier molecular flexibility index (Phi) is 5.05. The number of nitrogens with zero attached hydrogens (tertiary/aromatic N) is 1. The largest absolute Gasteiger partial charge is 0.497 e. The third-order valence-corrected chi connectivity index (χ3v) is 3.83. The first kappa shape index (κ1) is 15.3. The molecule has 0 aromatic heterocycles. The van der Waals surface area contributed by atoms with Gasteiger partial charge in [-0.3, -0.25) is 4.79 Å². The molecule has 0 spiro atoms. The number of nitrogens with one attached hydrogen (secondary N) is 1. The third kappa shape index (κ3) is 3.52. The van der Waals surface area contributed by atoms with Gasteiger partial charge >= 0.3 is 0 Å². The van der Waals surface area contributed by atoms with E-state index in [0.717, 1.165) is 35.3 Å². The predicted octanol–water partition coefficient (Wildman–Crippen LogP) is 2.95. The molecule has 1 heterocycles. The van der Waals surface area contributed by atoms with E-state index in [4.69, 9.17) is 4.74 Å². The van der Waals surface area contributed by atoms with Crippen LogP contribution in [0.1, 0.15) is 26.7 Å². The monoisotopic (exact) mass is 340 g/mol. The van der Waals surface area contributed by atoms with Gasteiger partial charge in [0, 0.05) is 28.8 Å². The topological polar surface area (TPSA) is 41.6 Å². The van der Waals surface area contributed by atoms with Gasteiger partial charge in [0.2, 0.25) is 5.91 Å². The number of ether oxygens (including phenoxy) is 1. The molecule has 0 saturated carbocycles. The van der Waals surface area contributed by atoms with E-state index in [1.54, 1.807) is 7.11 Å². The normalized spacial score (nSPS) is 19.6. The summed E-state index contributed by atoms with van der Waals surface area (Å²) < 4.78 is 6.18. The molecule has 5 heteroatoms. The fraction of sp³-hybridized carbons (Fsp3) is 0.533. The Hall–Kier alpha value is -1.07. The number of anilines is 1. The van der Waals surface area contributed by atoms with Gasteiger partial charge in [0.1, 0.15) is 5.75 Å². The Morgan fingerprint density at radius 3 is 2.80 bits per heavy atom. The third-order valence-electron chi connectivity index (χ3n) is 3.38. The average Bonchev–Trinajstić information content (AvgIpc) is 2.40. The van der Waals surface area contributed by atoms with Crippen LogP contribution in [0.4, 0.5) is 5.69 Å². The van der Waals surface area contributed by atoms with Crippen LogP contribution in [0.5, 0.6) is 5.75 Å². The Morgan fingerprint density at radius 2 is 2.15 bits per heavy atom. The SMILES string of the molecule is COc1cc(Br)cc(N2CCCC(NC(C)C)C2=O)c1. The van der Waals surface area contributed by atoms with E-state index in [1.165, 1.54) is 0 Å². The maximum absolute atomic E-state index is 12.6. The number of piperidine rings is 1. The average molecular weight is 341 g/mol. The number of methoxy groups -OCH3 is 1. The summed E-state index contributed by atoms with van der Waals surface area (Å²) in [5, 5.41) is 3.34. The molecule has 1 amide bonds. The highest BCUT2D eigenvalue weighted by Crippen LogP contribution is 2.29. The van der Waals surface area contributed by atoms with Crippen LogP contribution in [-0.2, 0) is 4.79 Å². The highest BCUT2D eigenvalue weighted by Gasteiger charge is 2.30. The highest BCUT2D eigenvalue weighted by molar-refractivity contribution is 9.10. The minimum absolute atomic E-state index is 0.0891. The molecule has 110 valence electrons. The first-order chi connectivity index (χ1) is 9.51. The van der Waals surface area contributed by atoms with Gasteiger partial charge < -0.3 is 15.0 Å². The fourth-order valence-corrected chi connectivity index (χ4v) is 2.97. The molecule has 20 heavy (non-hydrogen) atoms. The van der Waals surface area contributed by atoms with Crippen LogP contribution in [0.3, 0.4) is 0 Å². The zero-order valence-electron chi connectivity index (χ0n) is 12.1. The van der Waals surface area contributed by atoms with E-state index in [2.05, 4.69) is 35.1 Å². The van der Waals surface area contributed by atoms with Crippen LogP contribution in [0, 0.1) is 0 Å². The van der Waals surface area contributed by atoms with Gasteiger partial charge in [-0.05, 0) is 25.0 Å². The molecule has 1 saturated heterocycles. The summed E-state index contributed by atoms with van der Waals surface area (Å²) in [7, 11) is 1.63. The lowest BCUT2D eigenvalue weighted by atomic mass is 10.0. The standard InChI is InChI=1S/C15H21BrN2O2/c1-10(2)17-14-5-4-6-18(15(14)19)12-7-11(16)8-13(9-12)20-3/h7-10,14,17H,4-6H2,1-3H3. The highest BCUT2D eigenvalue weighted by atomic mass is 79.9. The van der Waals surface area contributed by atoms with Crippen molar-refractivity contribution in [1.82, 2.24) is 5.32 Å². The van der Waals surface area contributed by atoms with Gasteiger partial charge in [-0.25, -0.2) is 0 Å². The zero-order chi connectivity index (χ0) is 14.7. The molecule has 1 aromatic rings. The van der Waals surface area contributed by atoms with Gasteiger partial charge in [0.15, 0.2) is 0 Å². The Morgan fingerprint density at radius 1 is 1.40 bits per heavy atom. The van der Waals surface area contributed by atoms with Crippen molar-refractivity contribution >= 4 is 27.5 Å². The predicted molar refractivity (Wildman–Crippen MR) is 84.3 cm³/mol. The molecule has 0 aliphatic carbocycles. The minimum atomic E-state index is -0.0891. The molecular formula is C15H21BrN2O2. The van der Waals surface area contributed by atoms with Gasteiger partial charge in [0.05, 0.1) is 13.2 Å². The van der Waals surface area contributed by atoms with Crippen LogP contribution in [0.15, 0.2) is 22.7 Å². The molecule has 2 rings (SSSR count). The van der Waals surface area contributed by atoms with Crippen LogP contribution in [-0.4, -0.2) is 31.6 Å². The lowest BCUT2D eigenvalue weighted by Gasteiger charge is -2.34. The Balaban J connectivity index is 2.23. The number of carbonyl (C=O) groups excluding carboxylic acids is 1. The summed E-state index contributed by atoms with van der Waals surface area (Å²) in [6.45, 7) is 4.89. The molecule has 0 bridgehead atoms. The maximum Gasteiger partial charge on any atom is 0.244 e. The molecule has 1 aliphatic heterocycles. The number of carbonyl (C=O) groups is 1. The summed E-state index contributed by atoms with van der Waals surface area (Å²) in [5.74, 6) is 0.895. The number of halogens is 1. The van der Waals surface area contributed by atoms with Crippen LogP contribution < -0.4 is 15.0 Å². The van der Waals surface area contributed by atoms with Crippen LogP contribution in [0.25, 0.3) is 0 Å². The van der Waals surface area contributed by atoms with Gasteiger partial charge in [-0.2, -0.15) is 0 Å². The van der Waals surface area contributed by atoms with Gasteiger partial charge in [-0.1, -0.05) is 29.8 Å². The van der Waals surface area contributed by atoms with E-state index in [-0.39, 0.29) is 11.9 Å². The van der Waals surface area contributed by atoms with Crippen molar-refractivity contribution in [2.45, 2.75) is 38.8 Å².